The molecule has 0 bridgehead atoms. The van der Waals surface area contributed by atoms with Gasteiger partial charge in [-0.05, 0) is 82.0 Å². The lowest BCUT2D eigenvalue weighted by atomic mass is 9.83. The van der Waals surface area contributed by atoms with Crippen molar-refractivity contribution >= 4 is 18.2 Å². The summed E-state index contributed by atoms with van der Waals surface area (Å²) < 4.78 is 18.9. The number of rotatable bonds is 4. The number of anilines is 1. The Kier molecular flexibility index (Phi) is 6.80. The second-order valence-corrected chi connectivity index (χ2v) is 8.90. The first kappa shape index (κ1) is 24.0. The van der Waals surface area contributed by atoms with E-state index in [9.17, 15) is 4.39 Å². The molecule has 170 valence electrons. The van der Waals surface area contributed by atoms with Gasteiger partial charge in [-0.1, -0.05) is 18.2 Å². The van der Waals surface area contributed by atoms with Crippen LogP contribution in [0.5, 0.6) is 5.75 Å². The van der Waals surface area contributed by atoms with Crippen LogP contribution >= 0.6 is 12.4 Å². The molecule has 0 fully saturated rings. The van der Waals surface area contributed by atoms with E-state index in [4.69, 9.17) is 14.7 Å². The summed E-state index contributed by atoms with van der Waals surface area (Å²) in [6.45, 7) is 11.4. The van der Waals surface area contributed by atoms with Crippen LogP contribution in [0.25, 0.3) is 0 Å². The lowest BCUT2D eigenvalue weighted by Gasteiger charge is -2.38. The smallest absolute Gasteiger partial charge is 0.140 e. The van der Waals surface area contributed by atoms with Crippen LogP contribution in [0.2, 0.25) is 0 Å². The van der Waals surface area contributed by atoms with Crippen LogP contribution in [0.3, 0.4) is 0 Å². The van der Waals surface area contributed by atoms with Crippen molar-refractivity contribution in [2.75, 3.05) is 18.6 Å². The van der Waals surface area contributed by atoms with E-state index in [1.165, 1.54) is 23.3 Å². The molecule has 1 aliphatic heterocycles. The van der Waals surface area contributed by atoms with Crippen molar-refractivity contribution in [3.05, 3.63) is 82.1 Å². The Morgan fingerprint density at radius 2 is 1.75 bits per heavy atom. The van der Waals surface area contributed by atoms with Crippen molar-refractivity contribution in [2.45, 2.75) is 52.5 Å². The fraction of sp³-hybridized carbons (Fsp3) is 0.385. The van der Waals surface area contributed by atoms with Crippen LogP contribution < -0.4 is 9.64 Å². The Morgan fingerprint density at radius 3 is 2.41 bits per heavy atom. The van der Waals surface area contributed by atoms with Gasteiger partial charge in [0.1, 0.15) is 23.2 Å². The van der Waals surface area contributed by atoms with E-state index < -0.39 is 5.41 Å². The third-order valence-corrected chi connectivity index (χ3v) is 6.65. The Hall–Kier alpha value is -2.66. The van der Waals surface area contributed by atoms with E-state index in [2.05, 4.69) is 44.7 Å². The summed E-state index contributed by atoms with van der Waals surface area (Å²) in [5.74, 6) is 2.36. The van der Waals surface area contributed by atoms with Crippen LogP contribution in [-0.2, 0) is 11.8 Å². The number of halogens is 2. The molecule has 0 saturated heterocycles. The van der Waals surface area contributed by atoms with Gasteiger partial charge in [0.05, 0.1) is 13.2 Å². The molecular weight excluding hydrogens is 425 g/mol. The Morgan fingerprint density at radius 1 is 1.06 bits per heavy atom. The van der Waals surface area contributed by atoms with E-state index in [0.717, 1.165) is 47.2 Å². The van der Waals surface area contributed by atoms with Crippen LogP contribution in [0.4, 0.5) is 10.2 Å². The SMILES string of the molecule is COc1ccc2c(c1)C(C)N(c1nc(C(C)(C)c3ccc(F)cc3)nc(C)c1C)CC2.Cl. The van der Waals surface area contributed by atoms with Crippen molar-refractivity contribution in [3.8, 4) is 5.75 Å². The molecule has 0 amide bonds. The lowest BCUT2D eigenvalue weighted by molar-refractivity contribution is 0.413. The monoisotopic (exact) mass is 455 g/mol. The molecule has 1 atom stereocenters. The number of aromatic nitrogens is 2. The van der Waals surface area contributed by atoms with Gasteiger partial charge in [0.2, 0.25) is 0 Å². The van der Waals surface area contributed by atoms with Crippen LogP contribution in [0, 0.1) is 19.7 Å². The number of aryl methyl sites for hydroxylation is 1. The maximum atomic E-state index is 13.5. The quantitative estimate of drug-likeness (QED) is 0.475. The van der Waals surface area contributed by atoms with Crippen LogP contribution in [0.1, 0.15) is 60.6 Å². The van der Waals surface area contributed by atoms with Crippen molar-refractivity contribution < 1.29 is 9.13 Å². The molecule has 0 N–H and O–H groups in total. The first-order valence-corrected chi connectivity index (χ1v) is 10.8. The van der Waals surface area contributed by atoms with E-state index in [1.54, 1.807) is 7.11 Å². The highest BCUT2D eigenvalue weighted by Crippen LogP contribution is 2.38. The van der Waals surface area contributed by atoms with Crippen molar-refractivity contribution in [3.63, 3.8) is 0 Å². The summed E-state index contributed by atoms with van der Waals surface area (Å²) in [5, 5.41) is 0. The molecule has 6 heteroatoms. The van der Waals surface area contributed by atoms with Gasteiger partial charge in [-0.2, -0.15) is 0 Å². The zero-order chi connectivity index (χ0) is 22.3. The molecule has 2 heterocycles. The largest absolute Gasteiger partial charge is 0.497 e. The second-order valence-electron chi connectivity index (χ2n) is 8.90. The average molecular weight is 456 g/mol. The number of ether oxygens (including phenoxy) is 1. The number of benzene rings is 2. The topological polar surface area (TPSA) is 38.2 Å². The van der Waals surface area contributed by atoms with Crippen LogP contribution in [-0.4, -0.2) is 23.6 Å². The van der Waals surface area contributed by atoms with Gasteiger partial charge in [0, 0.05) is 23.2 Å². The molecule has 4 rings (SSSR count). The predicted molar refractivity (Wildman–Crippen MR) is 130 cm³/mol. The molecule has 0 spiro atoms. The molecule has 2 aromatic carbocycles. The third kappa shape index (κ3) is 4.18. The number of nitrogens with zero attached hydrogens (tertiary/aromatic N) is 3. The van der Waals surface area contributed by atoms with Gasteiger partial charge in [-0.15, -0.1) is 12.4 Å². The maximum Gasteiger partial charge on any atom is 0.140 e. The lowest BCUT2D eigenvalue weighted by Crippen LogP contribution is -2.36. The highest BCUT2D eigenvalue weighted by molar-refractivity contribution is 5.85. The number of hydrogen-bond acceptors (Lipinski definition) is 4. The van der Waals surface area contributed by atoms with Gasteiger partial charge in [0.25, 0.3) is 0 Å². The Labute approximate surface area is 196 Å². The fourth-order valence-corrected chi connectivity index (χ4v) is 4.38. The highest BCUT2D eigenvalue weighted by atomic mass is 35.5. The van der Waals surface area contributed by atoms with Gasteiger partial charge >= 0.3 is 0 Å². The molecule has 1 unspecified atom stereocenters. The van der Waals surface area contributed by atoms with Gasteiger partial charge in [-0.3, -0.25) is 0 Å². The normalized spacial score (nSPS) is 15.7. The molecule has 0 saturated carbocycles. The number of methoxy groups -OCH3 is 1. The molecule has 1 aliphatic rings. The molecule has 3 aromatic rings. The maximum absolute atomic E-state index is 13.5. The number of fused-ring (bicyclic) bond motifs is 1. The molecular formula is C26H31ClFN3O. The molecule has 0 radical (unpaired) electrons. The zero-order valence-corrected chi connectivity index (χ0v) is 20.4. The third-order valence-electron chi connectivity index (χ3n) is 6.65. The molecule has 4 nitrogen and oxygen atoms in total. The molecule has 32 heavy (non-hydrogen) atoms. The van der Waals surface area contributed by atoms with Crippen molar-refractivity contribution in [1.82, 2.24) is 9.97 Å². The average Bonchev–Trinajstić information content (AvgIpc) is 2.76. The van der Waals surface area contributed by atoms with E-state index in [-0.39, 0.29) is 24.3 Å². The first-order valence-electron chi connectivity index (χ1n) is 10.8. The summed E-state index contributed by atoms with van der Waals surface area (Å²) >= 11 is 0. The predicted octanol–water partition coefficient (Wildman–Crippen LogP) is 6.11. The first-order chi connectivity index (χ1) is 14.7. The van der Waals surface area contributed by atoms with E-state index in [1.807, 2.05) is 25.1 Å². The minimum absolute atomic E-state index is 0. The Balaban J connectivity index is 0.00000289. The fourth-order valence-electron chi connectivity index (χ4n) is 4.38. The zero-order valence-electron chi connectivity index (χ0n) is 19.6. The number of hydrogen-bond donors (Lipinski definition) is 0. The Bertz CT molecular complexity index is 1110. The van der Waals surface area contributed by atoms with Crippen molar-refractivity contribution in [1.29, 1.82) is 0 Å². The summed E-state index contributed by atoms with van der Waals surface area (Å²) in [4.78, 5) is 12.3. The standard InChI is InChI=1S/C26H30FN3O.ClH/c1-16-17(2)28-25(26(4,5)20-8-10-21(27)11-9-20)29-24(16)30-14-13-19-7-12-22(31-6)15-23(19)18(30)3;/h7-12,15,18H,13-14H2,1-6H3;1H. The van der Waals surface area contributed by atoms with Gasteiger partial charge in [0.15, 0.2) is 0 Å². The van der Waals surface area contributed by atoms with E-state index in [0.29, 0.717) is 0 Å². The van der Waals surface area contributed by atoms with Crippen LogP contribution in [0.15, 0.2) is 42.5 Å². The minimum Gasteiger partial charge on any atom is -0.497 e. The summed E-state index contributed by atoms with van der Waals surface area (Å²) in [6, 6.07) is 13.1. The van der Waals surface area contributed by atoms with Crippen molar-refractivity contribution in [2.24, 2.45) is 0 Å². The summed E-state index contributed by atoms with van der Waals surface area (Å²) in [5.41, 5.74) is 5.25. The second kappa shape index (κ2) is 9.07. The minimum atomic E-state index is -0.443. The van der Waals surface area contributed by atoms with E-state index >= 15 is 0 Å². The summed E-state index contributed by atoms with van der Waals surface area (Å²) in [6.07, 6.45) is 0.961. The molecule has 1 aromatic heterocycles. The molecule has 0 aliphatic carbocycles. The van der Waals surface area contributed by atoms with Gasteiger partial charge < -0.3 is 9.64 Å². The summed E-state index contributed by atoms with van der Waals surface area (Å²) in [7, 11) is 1.70. The van der Waals surface area contributed by atoms with Gasteiger partial charge in [-0.25, -0.2) is 14.4 Å². The highest BCUT2D eigenvalue weighted by Gasteiger charge is 2.31.